The summed E-state index contributed by atoms with van der Waals surface area (Å²) in [6, 6.07) is 0. The number of hydrogen-bond donors (Lipinski definition) is 2. The number of amides is 2. The van der Waals surface area contributed by atoms with Crippen LogP contribution < -0.4 is 11.1 Å². The van der Waals surface area contributed by atoms with Gasteiger partial charge in [0.15, 0.2) is 0 Å². The summed E-state index contributed by atoms with van der Waals surface area (Å²) >= 11 is 0. The fourth-order valence-electron chi connectivity index (χ4n) is 0.611. The van der Waals surface area contributed by atoms with Crippen molar-refractivity contribution in [1.82, 2.24) is 5.32 Å². The maximum Gasteiger partial charge on any atom is 0.236 e. The maximum absolute atomic E-state index is 10.8. The molecule has 0 saturated carbocycles. The Labute approximate surface area is 66.1 Å². The minimum Gasteiger partial charge on any atom is -0.368 e. The SMILES string of the molecule is CCCCC(=O)NCC(N)=O. The smallest absolute Gasteiger partial charge is 0.236 e. The van der Waals surface area contributed by atoms with Crippen molar-refractivity contribution in [3.63, 3.8) is 0 Å². The molecule has 0 heterocycles. The van der Waals surface area contributed by atoms with Crippen LogP contribution in [0.2, 0.25) is 0 Å². The lowest BCUT2D eigenvalue weighted by atomic mass is 10.2. The second-order valence-corrected chi connectivity index (χ2v) is 2.35. The number of carbonyl (C=O) groups excluding carboxylic acids is 2. The van der Waals surface area contributed by atoms with Crippen molar-refractivity contribution in [2.45, 2.75) is 26.2 Å². The van der Waals surface area contributed by atoms with Gasteiger partial charge in [-0.1, -0.05) is 13.3 Å². The summed E-state index contributed by atoms with van der Waals surface area (Å²) in [4.78, 5) is 21.0. The fraction of sp³-hybridized carbons (Fsp3) is 0.714. The molecule has 0 radical (unpaired) electrons. The van der Waals surface area contributed by atoms with Gasteiger partial charge < -0.3 is 11.1 Å². The van der Waals surface area contributed by atoms with Crippen LogP contribution in [0.25, 0.3) is 0 Å². The molecule has 0 saturated heterocycles. The molecular formula is C7H14N2O2. The van der Waals surface area contributed by atoms with E-state index in [0.29, 0.717) is 6.42 Å². The molecule has 0 rings (SSSR count). The third-order valence-electron chi connectivity index (χ3n) is 1.22. The lowest BCUT2D eigenvalue weighted by Crippen LogP contribution is -2.33. The zero-order valence-electron chi connectivity index (χ0n) is 6.72. The number of primary amides is 1. The van der Waals surface area contributed by atoms with Gasteiger partial charge in [0.2, 0.25) is 11.8 Å². The van der Waals surface area contributed by atoms with E-state index in [0.717, 1.165) is 12.8 Å². The van der Waals surface area contributed by atoms with Crippen molar-refractivity contribution in [1.29, 1.82) is 0 Å². The van der Waals surface area contributed by atoms with Crippen molar-refractivity contribution in [2.75, 3.05) is 6.54 Å². The van der Waals surface area contributed by atoms with Crippen LogP contribution in [0.3, 0.4) is 0 Å². The molecule has 0 aromatic rings. The van der Waals surface area contributed by atoms with Gasteiger partial charge in [-0.2, -0.15) is 0 Å². The van der Waals surface area contributed by atoms with Crippen molar-refractivity contribution in [2.24, 2.45) is 5.73 Å². The molecule has 0 spiro atoms. The quantitative estimate of drug-likeness (QED) is 0.580. The van der Waals surface area contributed by atoms with E-state index in [1.54, 1.807) is 0 Å². The number of nitrogens with two attached hydrogens (primary N) is 1. The van der Waals surface area contributed by atoms with Gasteiger partial charge in [0.25, 0.3) is 0 Å². The monoisotopic (exact) mass is 158 g/mol. The fourth-order valence-corrected chi connectivity index (χ4v) is 0.611. The summed E-state index contributed by atoms with van der Waals surface area (Å²) in [5.74, 6) is -0.611. The highest BCUT2D eigenvalue weighted by atomic mass is 16.2. The van der Waals surface area contributed by atoms with Crippen molar-refractivity contribution < 1.29 is 9.59 Å². The van der Waals surface area contributed by atoms with Crippen LogP contribution >= 0.6 is 0 Å². The summed E-state index contributed by atoms with van der Waals surface area (Å²) in [5.41, 5.74) is 4.82. The molecule has 0 aliphatic rings. The Balaban J connectivity index is 3.30. The highest BCUT2D eigenvalue weighted by Gasteiger charge is 2.00. The molecule has 0 aliphatic carbocycles. The highest BCUT2D eigenvalue weighted by molar-refractivity contribution is 5.83. The van der Waals surface area contributed by atoms with E-state index >= 15 is 0 Å². The molecule has 4 nitrogen and oxygen atoms in total. The summed E-state index contributed by atoms with van der Waals surface area (Å²) < 4.78 is 0. The Bertz CT molecular complexity index is 145. The van der Waals surface area contributed by atoms with Gasteiger partial charge >= 0.3 is 0 Å². The summed E-state index contributed by atoms with van der Waals surface area (Å²) in [6.07, 6.45) is 2.30. The molecule has 2 amide bonds. The minimum absolute atomic E-state index is 0.0530. The second kappa shape index (κ2) is 5.70. The molecule has 11 heavy (non-hydrogen) atoms. The van der Waals surface area contributed by atoms with E-state index in [1.807, 2.05) is 6.92 Å². The van der Waals surface area contributed by atoms with Crippen LogP contribution in [0.1, 0.15) is 26.2 Å². The zero-order chi connectivity index (χ0) is 8.69. The van der Waals surface area contributed by atoms with Crippen LogP contribution in [-0.2, 0) is 9.59 Å². The van der Waals surface area contributed by atoms with Gasteiger partial charge in [-0.05, 0) is 6.42 Å². The third kappa shape index (κ3) is 6.83. The van der Waals surface area contributed by atoms with Crippen molar-refractivity contribution >= 4 is 11.8 Å². The van der Waals surface area contributed by atoms with Gasteiger partial charge in [0.05, 0.1) is 6.54 Å². The van der Waals surface area contributed by atoms with Crippen molar-refractivity contribution in [3.8, 4) is 0 Å². The van der Waals surface area contributed by atoms with Gasteiger partial charge in [0, 0.05) is 6.42 Å². The summed E-state index contributed by atoms with van der Waals surface area (Å²) in [7, 11) is 0. The average molecular weight is 158 g/mol. The Kier molecular flexibility index (Phi) is 5.15. The molecule has 3 N–H and O–H groups in total. The topological polar surface area (TPSA) is 72.2 Å². The van der Waals surface area contributed by atoms with E-state index in [9.17, 15) is 9.59 Å². The van der Waals surface area contributed by atoms with E-state index in [1.165, 1.54) is 0 Å². The first-order valence-electron chi connectivity index (χ1n) is 3.71. The predicted octanol–water partition coefficient (Wildman–Crippen LogP) is -0.222. The Hall–Kier alpha value is -1.06. The average Bonchev–Trinajstić information content (AvgIpc) is 1.97. The number of unbranched alkanes of at least 4 members (excludes halogenated alkanes) is 1. The standard InChI is InChI=1S/C7H14N2O2/c1-2-3-4-7(11)9-5-6(8)10/h2-5H2,1H3,(H2,8,10)(H,9,11). The summed E-state index contributed by atoms with van der Waals surface area (Å²) in [6.45, 7) is 1.95. The van der Waals surface area contributed by atoms with Gasteiger partial charge in [-0.25, -0.2) is 0 Å². The van der Waals surface area contributed by atoms with Gasteiger partial charge in [0.1, 0.15) is 0 Å². The minimum atomic E-state index is -0.505. The number of nitrogens with one attached hydrogen (secondary N) is 1. The van der Waals surface area contributed by atoms with Gasteiger partial charge in [-0.3, -0.25) is 9.59 Å². The van der Waals surface area contributed by atoms with Crippen molar-refractivity contribution in [3.05, 3.63) is 0 Å². The molecular weight excluding hydrogens is 144 g/mol. The van der Waals surface area contributed by atoms with E-state index < -0.39 is 5.91 Å². The molecule has 0 bridgehead atoms. The second-order valence-electron chi connectivity index (χ2n) is 2.35. The largest absolute Gasteiger partial charge is 0.368 e. The lowest BCUT2D eigenvalue weighted by Gasteiger charge is -2.00. The van der Waals surface area contributed by atoms with Crippen LogP contribution in [0.5, 0.6) is 0 Å². The van der Waals surface area contributed by atoms with Gasteiger partial charge in [-0.15, -0.1) is 0 Å². The van der Waals surface area contributed by atoms with Crippen LogP contribution in [0.15, 0.2) is 0 Å². The molecule has 0 atom stereocenters. The van der Waals surface area contributed by atoms with Crippen LogP contribution in [0.4, 0.5) is 0 Å². The number of carbonyl (C=O) groups is 2. The van der Waals surface area contributed by atoms with E-state index in [4.69, 9.17) is 5.73 Å². The highest BCUT2D eigenvalue weighted by Crippen LogP contribution is 1.92. The predicted molar refractivity (Wildman–Crippen MR) is 41.7 cm³/mol. The third-order valence-corrected chi connectivity index (χ3v) is 1.22. The maximum atomic E-state index is 10.8. The zero-order valence-corrected chi connectivity index (χ0v) is 6.72. The Morgan fingerprint density at radius 3 is 2.55 bits per heavy atom. The Morgan fingerprint density at radius 2 is 2.09 bits per heavy atom. The van der Waals surface area contributed by atoms with E-state index in [2.05, 4.69) is 5.32 Å². The van der Waals surface area contributed by atoms with Crippen LogP contribution in [-0.4, -0.2) is 18.4 Å². The molecule has 4 heteroatoms. The molecule has 0 aliphatic heterocycles. The molecule has 0 unspecified atom stereocenters. The van der Waals surface area contributed by atoms with E-state index in [-0.39, 0.29) is 12.5 Å². The summed E-state index contributed by atoms with van der Waals surface area (Å²) in [5, 5.41) is 2.40. The number of rotatable bonds is 5. The normalized spacial score (nSPS) is 9.18. The molecule has 0 aromatic carbocycles. The Morgan fingerprint density at radius 1 is 1.45 bits per heavy atom. The first kappa shape index (κ1) is 9.94. The van der Waals surface area contributed by atoms with Crippen LogP contribution in [0, 0.1) is 0 Å². The number of hydrogen-bond acceptors (Lipinski definition) is 2. The molecule has 0 fully saturated rings. The molecule has 64 valence electrons. The first-order valence-corrected chi connectivity index (χ1v) is 3.71. The lowest BCUT2D eigenvalue weighted by molar-refractivity contribution is -0.124. The molecule has 0 aromatic heterocycles. The first-order chi connectivity index (χ1) is 5.16.